The summed E-state index contributed by atoms with van der Waals surface area (Å²) in [5.74, 6) is 0.220. The molecule has 2 N–H and O–H groups in total. The number of anilines is 2. The molecule has 1 aromatic heterocycles. The lowest BCUT2D eigenvalue weighted by Gasteiger charge is -2.22. The van der Waals surface area contributed by atoms with Gasteiger partial charge in [0, 0.05) is 17.7 Å². The number of carbonyl (C=O) groups excluding carboxylic acids is 1. The van der Waals surface area contributed by atoms with Gasteiger partial charge in [-0.25, -0.2) is 8.42 Å². The molecule has 3 aromatic carbocycles. The number of para-hydroxylation sites is 1. The topological polar surface area (TPSA) is 108 Å². The fourth-order valence-electron chi connectivity index (χ4n) is 3.21. The lowest BCUT2D eigenvalue weighted by Crippen LogP contribution is -2.30. The molecule has 8 nitrogen and oxygen atoms in total. The monoisotopic (exact) mass is 447 g/mol. The molecule has 0 aliphatic heterocycles. The number of hydrogen-bond acceptors (Lipinski definition) is 5. The second kappa shape index (κ2) is 9.03. The highest BCUT2D eigenvalue weighted by molar-refractivity contribution is 7.92. The van der Waals surface area contributed by atoms with E-state index in [1.54, 1.807) is 31.2 Å². The van der Waals surface area contributed by atoms with Crippen LogP contribution >= 0.6 is 0 Å². The maximum absolute atomic E-state index is 13.1. The van der Waals surface area contributed by atoms with Crippen LogP contribution in [0.25, 0.3) is 11.4 Å². The van der Waals surface area contributed by atoms with Gasteiger partial charge in [0.05, 0.1) is 10.6 Å². The van der Waals surface area contributed by atoms with E-state index < -0.39 is 15.9 Å². The zero-order valence-electron chi connectivity index (χ0n) is 17.3. The van der Waals surface area contributed by atoms with E-state index in [1.807, 2.05) is 36.4 Å². The fraction of sp³-hybridized carbons (Fsp3) is 0.0870. The number of benzene rings is 3. The summed E-state index contributed by atoms with van der Waals surface area (Å²) in [6, 6.07) is 24.0. The van der Waals surface area contributed by atoms with Crippen molar-refractivity contribution in [3.63, 3.8) is 0 Å². The van der Waals surface area contributed by atoms with Crippen molar-refractivity contribution in [2.45, 2.75) is 11.8 Å². The highest BCUT2D eigenvalue weighted by Gasteiger charge is 2.23. The van der Waals surface area contributed by atoms with E-state index in [0.29, 0.717) is 11.5 Å². The number of nitrogens with one attached hydrogen (secondary N) is 2. The maximum Gasteiger partial charge on any atom is 0.264 e. The van der Waals surface area contributed by atoms with Crippen LogP contribution in [0.4, 0.5) is 11.6 Å². The highest BCUT2D eigenvalue weighted by atomic mass is 32.2. The molecule has 162 valence electrons. The van der Waals surface area contributed by atoms with Gasteiger partial charge in [0.1, 0.15) is 0 Å². The van der Waals surface area contributed by atoms with Crippen molar-refractivity contribution in [3.05, 3.63) is 90.5 Å². The van der Waals surface area contributed by atoms with E-state index in [4.69, 9.17) is 0 Å². The van der Waals surface area contributed by atoms with Crippen molar-refractivity contribution in [1.82, 2.24) is 15.2 Å². The Hall–Kier alpha value is -3.98. The van der Waals surface area contributed by atoms with Gasteiger partial charge in [-0.15, -0.1) is 5.10 Å². The van der Waals surface area contributed by atoms with Crippen molar-refractivity contribution in [2.75, 3.05) is 16.2 Å². The number of sulfonamides is 1. The quantitative estimate of drug-likeness (QED) is 0.446. The molecule has 9 heteroatoms. The van der Waals surface area contributed by atoms with Crippen molar-refractivity contribution in [2.24, 2.45) is 0 Å². The van der Waals surface area contributed by atoms with Crippen LogP contribution in [0.2, 0.25) is 0 Å². The van der Waals surface area contributed by atoms with E-state index in [1.165, 1.54) is 28.6 Å². The van der Waals surface area contributed by atoms with E-state index in [0.717, 1.165) is 5.56 Å². The van der Waals surface area contributed by atoms with Crippen LogP contribution in [0.5, 0.6) is 0 Å². The van der Waals surface area contributed by atoms with Crippen LogP contribution in [0.1, 0.15) is 17.3 Å². The Labute approximate surface area is 186 Å². The molecule has 0 unspecified atom stereocenters. The first kappa shape index (κ1) is 21.3. The second-order valence-electron chi connectivity index (χ2n) is 6.86. The molecule has 0 spiro atoms. The molecule has 0 atom stereocenters. The molecular weight excluding hydrogens is 426 g/mol. The van der Waals surface area contributed by atoms with Gasteiger partial charge in [-0.2, -0.15) is 4.98 Å². The molecule has 0 bridgehead atoms. The first-order chi connectivity index (χ1) is 15.5. The Morgan fingerprint density at radius 3 is 2.19 bits per heavy atom. The van der Waals surface area contributed by atoms with Crippen molar-refractivity contribution >= 4 is 27.6 Å². The molecule has 0 fully saturated rings. The number of H-pyrrole nitrogens is 1. The summed E-state index contributed by atoms with van der Waals surface area (Å²) in [7, 11) is -3.76. The molecule has 32 heavy (non-hydrogen) atoms. The number of amides is 1. The lowest BCUT2D eigenvalue weighted by atomic mass is 10.2. The Bertz CT molecular complexity index is 1300. The minimum Gasteiger partial charge on any atom is -0.289 e. The number of carbonyl (C=O) groups is 1. The smallest absolute Gasteiger partial charge is 0.264 e. The van der Waals surface area contributed by atoms with Gasteiger partial charge < -0.3 is 0 Å². The molecule has 0 radical (unpaired) electrons. The molecule has 1 heterocycles. The van der Waals surface area contributed by atoms with Crippen LogP contribution in [-0.2, 0) is 10.0 Å². The largest absolute Gasteiger partial charge is 0.289 e. The Kier molecular flexibility index (Phi) is 6.00. The fourth-order valence-corrected chi connectivity index (χ4v) is 4.68. The summed E-state index contributed by atoms with van der Waals surface area (Å²) in [5, 5.41) is 9.41. The van der Waals surface area contributed by atoms with Crippen LogP contribution in [-0.4, -0.2) is 36.1 Å². The van der Waals surface area contributed by atoms with Crippen molar-refractivity contribution in [1.29, 1.82) is 0 Å². The predicted molar refractivity (Wildman–Crippen MR) is 123 cm³/mol. The van der Waals surface area contributed by atoms with Crippen LogP contribution in [0.3, 0.4) is 0 Å². The summed E-state index contributed by atoms with van der Waals surface area (Å²) in [6.45, 7) is 2.05. The van der Waals surface area contributed by atoms with Crippen LogP contribution in [0.15, 0.2) is 89.8 Å². The Morgan fingerprint density at radius 1 is 0.938 bits per heavy atom. The summed E-state index contributed by atoms with van der Waals surface area (Å²) in [4.78, 5) is 16.9. The molecule has 0 saturated heterocycles. The third-order valence-electron chi connectivity index (χ3n) is 4.79. The van der Waals surface area contributed by atoms with Crippen LogP contribution < -0.4 is 9.62 Å². The zero-order chi connectivity index (χ0) is 22.6. The number of hydrogen-bond donors (Lipinski definition) is 2. The average Bonchev–Trinajstić information content (AvgIpc) is 3.29. The SMILES string of the molecule is CCN(c1ccccc1)S(=O)(=O)c1ccc(C(=O)Nc2n[nH]c(-c3ccccc3)n2)cc1. The molecule has 4 rings (SSSR count). The predicted octanol–water partition coefficient (Wildman–Crippen LogP) is 3.94. The molecule has 1 amide bonds. The van der Waals surface area contributed by atoms with Gasteiger partial charge in [0.2, 0.25) is 5.95 Å². The summed E-state index contributed by atoms with van der Waals surface area (Å²) < 4.78 is 27.5. The molecular formula is C23H21N5O3S. The van der Waals surface area contributed by atoms with E-state index in [9.17, 15) is 13.2 Å². The van der Waals surface area contributed by atoms with Crippen molar-refractivity contribution in [3.8, 4) is 11.4 Å². The third kappa shape index (κ3) is 4.37. The van der Waals surface area contributed by atoms with Crippen LogP contribution in [0, 0.1) is 0 Å². The zero-order valence-corrected chi connectivity index (χ0v) is 18.1. The van der Waals surface area contributed by atoms with E-state index >= 15 is 0 Å². The minimum atomic E-state index is -3.76. The first-order valence-corrected chi connectivity index (χ1v) is 11.4. The normalized spacial score (nSPS) is 11.2. The molecule has 0 aliphatic rings. The third-order valence-corrected chi connectivity index (χ3v) is 6.71. The Balaban J connectivity index is 1.50. The van der Waals surface area contributed by atoms with Gasteiger partial charge in [-0.3, -0.25) is 19.5 Å². The van der Waals surface area contributed by atoms with E-state index in [2.05, 4.69) is 20.5 Å². The van der Waals surface area contributed by atoms with Gasteiger partial charge in [0.25, 0.3) is 15.9 Å². The summed E-state index contributed by atoms with van der Waals surface area (Å²) in [6.07, 6.45) is 0. The van der Waals surface area contributed by atoms with Gasteiger partial charge in [0.15, 0.2) is 5.82 Å². The molecule has 0 aliphatic carbocycles. The average molecular weight is 448 g/mol. The van der Waals surface area contributed by atoms with Gasteiger partial charge in [-0.1, -0.05) is 48.5 Å². The summed E-state index contributed by atoms with van der Waals surface area (Å²) >= 11 is 0. The maximum atomic E-state index is 13.1. The molecule has 0 saturated carbocycles. The van der Waals surface area contributed by atoms with Gasteiger partial charge in [-0.05, 0) is 43.3 Å². The number of aromatic amines is 1. The number of aromatic nitrogens is 3. The number of rotatable bonds is 7. The van der Waals surface area contributed by atoms with Crippen molar-refractivity contribution < 1.29 is 13.2 Å². The number of nitrogens with zero attached hydrogens (tertiary/aromatic N) is 3. The Morgan fingerprint density at radius 2 is 1.56 bits per heavy atom. The minimum absolute atomic E-state index is 0.101. The summed E-state index contributed by atoms with van der Waals surface area (Å²) in [5.41, 5.74) is 1.71. The molecule has 4 aromatic rings. The highest BCUT2D eigenvalue weighted by Crippen LogP contribution is 2.23. The first-order valence-electron chi connectivity index (χ1n) is 9.96. The van der Waals surface area contributed by atoms with Gasteiger partial charge >= 0.3 is 0 Å². The van der Waals surface area contributed by atoms with E-state index in [-0.39, 0.29) is 23.0 Å². The standard InChI is InChI=1S/C23H21N5O3S/c1-2-28(19-11-7-4-8-12-19)32(30,31)20-15-13-18(14-16-20)22(29)25-23-24-21(26-27-23)17-9-5-3-6-10-17/h3-16H,2H2,1H3,(H2,24,25,26,27,29). The lowest BCUT2D eigenvalue weighted by molar-refractivity contribution is 0.102. The second-order valence-corrected chi connectivity index (χ2v) is 8.72.